The lowest BCUT2D eigenvalue weighted by Gasteiger charge is -2.17. The van der Waals surface area contributed by atoms with Crippen molar-refractivity contribution in [2.45, 2.75) is 26.9 Å². The quantitative estimate of drug-likeness (QED) is 0.556. The number of imidazole rings is 1. The molecule has 0 aromatic carbocycles. The number of rotatable bonds is 6. The molecule has 0 saturated carbocycles. The molecule has 0 radical (unpaired) electrons. The molecule has 2 N–H and O–H groups in total. The van der Waals surface area contributed by atoms with Crippen molar-refractivity contribution >= 4 is 17.1 Å². The molecule has 3 aromatic heterocycles. The second-order valence-corrected chi connectivity index (χ2v) is 6.65. The summed E-state index contributed by atoms with van der Waals surface area (Å²) in [6.45, 7) is 4.77. The third kappa shape index (κ3) is 3.77. The van der Waals surface area contributed by atoms with Gasteiger partial charge in [0.25, 0.3) is 5.56 Å². The predicted molar refractivity (Wildman–Crippen MR) is 111 cm³/mol. The highest BCUT2D eigenvalue weighted by atomic mass is 16.2. The molecule has 10 heteroatoms. The fourth-order valence-corrected chi connectivity index (χ4v) is 3.11. The number of hydrogen-bond donors (Lipinski definition) is 1. The highest BCUT2D eigenvalue weighted by Gasteiger charge is 2.22. The molecule has 152 valence electrons. The molecule has 0 bridgehead atoms. The molecule has 3 heterocycles. The molecule has 0 saturated heterocycles. The van der Waals surface area contributed by atoms with Gasteiger partial charge in [-0.1, -0.05) is 5.92 Å². The van der Waals surface area contributed by atoms with Crippen molar-refractivity contribution in [3.8, 4) is 11.8 Å². The van der Waals surface area contributed by atoms with Gasteiger partial charge in [-0.15, -0.1) is 5.92 Å². The topological polar surface area (TPSA) is 117 Å². The summed E-state index contributed by atoms with van der Waals surface area (Å²) in [4.78, 5) is 41.1. The standard InChI is InChI=1S/C19H24N8O2/c1-5-6-10-26-15-16(23-18(26)24(3)11-8-20)25(4)19(29)27(17(15)28)12-14-21-9-7-13(2)22-14/h7,9H,8,10-12,20H2,1-4H3. The van der Waals surface area contributed by atoms with Crippen molar-refractivity contribution in [3.63, 3.8) is 0 Å². The van der Waals surface area contributed by atoms with E-state index in [1.807, 2.05) is 18.9 Å². The van der Waals surface area contributed by atoms with E-state index in [2.05, 4.69) is 26.8 Å². The molecule has 0 aliphatic heterocycles. The third-order valence-electron chi connectivity index (χ3n) is 4.58. The summed E-state index contributed by atoms with van der Waals surface area (Å²) in [6, 6.07) is 1.76. The van der Waals surface area contributed by atoms with E-state index in [1.165, 1.54) is 4.57 Å². The Labute approximate surface area is 167 Å². The summed E-state index contributed by atoms with van der Waals surface area (Å²) in [6.07, 6.45) is 1.60. The molecule has 0 unspecified atom stereocenters. The van der Waals surface area contributed by atoms with Crippen molar-refractivity contribution in [3.05, 3.63) is 44.6 Å². The molecule has 0 fully saturated rings. The number of nitrogens with zero attached hydrogens (tertiary/aromatic N) is 7. The molecule has 0 spiro atoms. The van der Waals surface area contributed by atoms with Crippen molar-refractivity contribution in [1.82, 2.24) is 28.7 Å². The van der Waals surface area contributed by atoms with Crippen molar-refractivity contribution in [1.29, 1.82) is 0 Å². The molecule has 10 nitrogen and oxygen atoms in total. The van der Waals surface area contributed by atoms with Gasteiger partial charge in [-0.25, -0.2) is 14.8 Å². The van der Waals surface area contributed by atoms with Crippen LogP contribution in [0.15, 0.2) is 21.9 Å². The van der Waals surface area contributed by atoms with Gasteiger partial charge in [0.15, 0.2) is 11.2 Å². The number of hydrogen-bond acceptors (Lipinski definition) is 7. The molecule has 0 aliphatic carbocycles. The highest BCUT2D eigenvalue weighted by molar-refractivity contribution is 5.74. The summed E-state index contributed by atoms with van der Waals surface area (Å²) < 4.78 is 4.21. The maximum absolute atomic E-state index is 13.3. The molecule has 0 aliphatic rings. The first-order valence-electron chi connectivity index (χ1n) is 9.18. The van der Waals surface area contributed by atoms with Gasteiger partial charge >= 0.3 is 5.69 Å². The van der Waals surface area contributed by atoms with Crippen molar-refractivity contribution in [2.24, 2.45) is 12.8 Å². The summed E-state index contributed by atoms with van der Waals surface area (Å²) in [5.74, 6) is 6.73. The van der Waals surface area contributed by atoms with E-state index in [9.17, 15) is 9.59 Å². The molecule has 0 amide bonds. The van der Waals surface area contributed by atoms with Crippen LogP contribution in [0.3, 0.4) is 0 Å². The fourth-order valence-electron chi connectivity index (χ4n) is 3.11. The van der Waals surface area contributed by atoms with Gasteiger partial charge in [-0.2, -0.15) is 4.98 Å². The van der Waals surface area contributed by atoms with Gasteiger partial charge in [-0.3, -0.25) is 18.5 Å². The van der Waals surface area contributed by atoms with Crippen LogP contribution < -0.4 is 21.9 Å². The van der Waals surface area contributed by atoms with Crippen molar-refractivity contribution in [2.75, 3.05) is 25.0 Å². The zero-order valence-corrected chi connectivity index (χ0v) is 17.0. The Morgan fingerprint density at radius 3 is 2.66 bits per heavy atom. The number of anilines is 1. The Bertz CT molecular complexity index is 1230. The van der Waals surface area contributed by atoms with Crippen LogP contribution in [-0.4, -0.2) is 48.8 Å². The minimum absolute atomic E-state index is 0.0261. The molecule has 29 heavy (non-hydrogen) atoms. The summed E-state index contributed by atoms with van der Waals surface area (Å²) >= 11 is 0. The predicted octanol–water partition coefficient (Wildman–Crippen LogP) is -0.538. The Morgan fingerprint density at radius 1 is 1.24 bits per heavy atom. The first-order chi connectivity index (χ1) is 13.9. The molecular formula is C19H24N8O2. The summed E-state index contributed by atoms with van der Waals surface area (Å²) in [5.41, 5.74) is 6.11. The highest BCUT2D eigenvalue weighted by Crippen LogP contribution is 2.18. The maximum atomic E-state index is 13.3. The minimum atomic E-state index is -0.480. The lowest BCUT2D eigenvalue weighted by Crippen LogP contribution is -2.40. The molecule has 3 aromatic rings. The average molecular weight is 396 g/mol. The Balaban J connectivity index is 2.28. The number of nitrogens with two attached hydrogens (primary N) is 1. The number of fused-ring (bicyclic) bond motifs is 1. The van der Waals surface area contributed by atoms with Gasteiger partial charge in [0.05, 0.1) is 13.1 Å². The lowest BCUT2D eigenvalue weighted by molar-refractivity contribution is 0.630. The number of likely N-dealkylation sites (N-methyl/N-ethyl adjacent to an activating group) is 1. The van der Waals surface area contributed by atoms with Crippen LogP contribution in [0.4, 0.5) is 5.95 Å². The van der Waals surface area contributed by atoms with E-state index < -0.39 is 11.2 Å². The van der Waals surface area contributed by atoms with Gasteiger partial charge in [0.2, 0.25) is 5.95 Å². The Hall–Kier alpha value is -3.45. The normalized spacial score (nSPS) is 10.8. The van der Waals surface area contributed by atoms with E-state index >= 15 is 0 Å². The summed E-state index contributed by atoms with van der Waals surface area (Å²) in [5, 5.41) is 0. The van der Waals surface area contributed by atoms with Gasteiger partial charge in [0.1, 0.15) is 5.82 Å². The molecule has 3 rings (SSSR count). The zero-order chi connectivity index (χ0) is 21.1. The SMILES string of the molecule is CC#CCn1c(N(C)CCN)nc2c1c(=O)n(Cc1nccc(C)n1)c(=O)n2C. The second-order valence-electron chi connectivity index (χ2n) is 6.65. The van der Waals surface area contributed by atoms with Crippen LogP contribution in [0, 0.1) is 18.8 Å². The molecular weight excluding hydrogens is 372 g/mol. The van der Waals surface area contributed by atoms with Gasteiger partial charge < -0.3 is 10.6 Å². The Kier molecular flexibility index (Phi) is 5.79. The molecule has 0 atom stereocenters. The number of aromatic nitrogens is 6. The Morgan fingerprint density at radius 2 is 2.00 bits per heavy atom. The van der Waals surface area contributed by atoms with E-state index in [4.69, 9.17) is 5.73 Å². The van der Waals surface area contributed by atoms with Crippen LogP contribution in [0.1, 0.15) is 18.4 Å². The monoisotopic (exact) mass is 396 g/mol. The zero-order valence-electron chi connectivity index (χ0n) is 17.0. The maximum Gasteiger partial charge on any atom is 0.332 e. The first-order valence-corrected chi connectivity index (χ1v) is 9.18. The first kappa shape index (κ1) is 20.3. The fraction of sp³-hybridized carbons (Fsp3) is 0.421. The largest absolute Gasteiger partial charge is 0.344 e. The second kappa shape index (κ2) is 8.28. The van der Waals surface area contributed by atoms with Crippen molar-refractivity contribution < 1.29 is 0 Å². The third-order valence-corrected chi connectivity index (χ3v) is 4.58. The van der Waals surface area contributed by atoms with Crippen LogP contribution in [0.2, 0.25) is 0 Å². The van der Waals surface area contributed by atoms with Gasteiger partial charge in [-0.05, 0) is 19.9 Å². The van der Waals surface area contributed by atoms with Crippen LogP contribution in [0.25, 0.3) is 11.2 Å². The van der Waals surface area contributed by atoms with E-state index in [0.29, 0.717) is 36.0 Å². The van der Waals surface area contributed by atoms with E-state index in [-0.39, 0.29) is 13.1 Å². The van der Waals surface area contributed by atoms with Crippen LogP contribution in [0.5, 0.6) is 0 Å². The number of aryl methyl sites for hydroxylation is 2. The van der Waals surface area contributed by atoms with Crippen LogP contribution in [-0.2, 0) is 20.1 Å². The average Bonchev–Trinajstić information content (AvgIpc) is 3.08. The van der Waals surface area contributed by atoms with E-state index in [0.717, 1.165) is 10.3 Å². The lowest BCUT2D eigenvalue weighted by atomic mass is 10.4. The minimum Gasteiger partial charge on any atom is -0.344 e. The summed E-state index contributed by atoms with van der Waals surface area (Å²) in [7, 11) is 3.43. The van der Waals surface area contributed by atoms with E-state index in [1.54, 1.807) is 30.8 Å². The smallest absolute Gasteiger partial charge is 0.332 e. The van der Waals surface area contributed by atoms with Gasteiger partial charge in [0, 0.05) is 39.1 Å². The van der Waals surface area contributed by atoms with Crippen LogP contribution >= 0.6 is 0 Å².